The molecule has 4 rings (SSSR count). The first-order valence-corrected chi connectivity index (χ1v) is 16.8. The molecule has 1 heterocycles. The van der Waals surface area contributed by atoms with Crippen LogP contribution in [0.15, 0.2) is 48.5 Å². The molecule has 1 aliphatic heterocycles. The molecule has 2 unspecified atom stereocenters. The highest BCUT2D eigenvalue weighted by Crippen LogP contribution is 2.47. The van der Waals surface area contributed by atoms with Gasteiger partial charge in [-0.15, -0.1) is 0 Å². The van der Waals surface area contributed by atoms with Crippen molar-refractivity contribution in [2.24, 2.45) is 0 Å². The Bertz CT molecular complexity index is 1660. The average Bonchev–Trinajstić information content (AvgIpc) is 3.10. The number of carbonyl (C=O) groups is 3. The van der Waals surface area contributed by atoms with Crippen molar-refractivity contribution in [2.45, 2.75) is 70.3 Å². The number of hydrogen-bond acceptors (Lipinski definition) is 10. The average molecular weight is 690 g/mol. The number of fused-ring (bicyclic) bond motifs is 1. The van der Waals surface area contributed by atoms with Crippen molar-refractivity contribution in [2.75, 3.05) is 35.0 Å². The van der Waals surface area contributed by atoms with Crippen molar-refractivity contribution in [3.8, 4) is 34.5 Å². The minimum atomic E-state index is -0.969. The molecule has 11 heteroatoms. The van der Waals surface area contributed by atoms with Crippen molar-refractivity contribution in [1.29, 1.82) is 0 Å². The summed E-state index contributed by atoms with van der Waals surface area (Å²) in [6, 6.07) is 12.2. The lowest BCUT2D eigenvalue weighted by Gasteiger charge is -2.24. The van der Waals surface area contributed by atoms with Crippen molar-refractivity contribution >= 4 is 23.7 Å². The standard InChI is InChI=1S/C39H47NO10/c1-24-10-9-13-28(41)12-8-6-7-11-26-20-31(42)36(37(44)35(26)39(45)50-24)30(27-21-32(47-3)38(49-5)33(22-27)48-4)23-34(43)40-19-18-25-14-16-29(46-2)17-15-25/h7,11,14-17,20-22,24,30,42,44H,6,8-10,12-13,18-19,23H2,1-5H3,(H,40,43). The highest BCUT2D eigenvalue weighted by atomic mass is 16.5. The number of carbonyl (C=O) groups excluding carboxylic acids is 3. The Morgan fingerprint density at radius 1 is 0.940 bits per heavy atom. The first-order chi connectivity index (χ1) is 24.1. The van der Waals surface area contributed by atoms with Gasteiger partial charge < -0.3 is 39.2 Å². The SMILES string of the molecule is COc1ccc(CCNC(=O)CC(c2cc(OC)c(OC)c(OC)c2)c2c(O)cc3c(c2O)C(=O)OC(C)CCCC(=O)CCCC=C3)cc1. The van der Waals surface area contributed by atoms with Crippen LogP contribution in [0.25, 0.3) is 6.08 Å². The minimum absolute atomic E-state index is 0.0342. The molecule has 11 nitrogen and oxygen atoms in total. The molecule has 0 aliphatic carbocycles. The van der Waals surface area contributed by atoms with Crippen LogP contribution in [0.2, 0.25) is 0 Å². The van der Waals surface area contributed by atoms with Gasteiger partial charge in [-0.1, -0.05) is 24.3 Å². The van der Waals surface area contributed by atoms with Crippen molar-refractivity contribution in [3.05, 3.63) is 76.4 Å². The fraction of sp³-hybridized carbons (Fsp3) is 0.410. The number of hydrogen-bond donors (Lipinski definition) is 3. The van der Waals surface area contributed by atoms with Gasteiger partial charge in [-0.2, -0.15) is 0 Å². The van der Waals surface area contributed by atoms with Gasteiger partial charge in [0.25, 0.3) is 0 Å². The number of amides is 1. The van der Waals surface area contributed by atoms with Crippen LogP contribution in [0, 0.1) is 0 Å². The summed E-state index contributed by atoms with van der Waals surface area (Å²) in [5.74, 6) is -1.12. The zero-order valence-electron chi connectivity index (χ0n) is 29.4. The van der Waals surface area contributed by atoms with Gasteiger partial charge >= 0.3 is 5.97 Å². The van der Waals surface area contributed by atoms with Crippen molar-refractivity contribution in [1.82, 2.24) is 5.32 Å². The second-order valence-electron chi connectivity index (χ2n) is 12.2. The topological polar surface area (TPSA) is 150 Å². The number of ether oxygens (including phenoxy) is 5. The third-order valence-corrected chi connectivity index (χ3v) is 8.77. The Hall–Kier alpha value is -5.19. The molecule has 3 N–H and O–H groups in total. The molecule has 268 valence electrons. The van der Waals surface area contributed by atoms with Crippen LogP contribution in [0.5, 0.6) is 34.5 Å². The molecule has 0 aromatic heterocycles. The molecular formula is C39H47NO10. The van der Waals surface area contributed by atoms with E-state index in [1.807, 2.05) is 24.3 Å². The number of cyclic esters (lactones) is 1. The third-order valence-electron chi connectivity index (χ3n) is 8.77. The number of phenolic OH excluding ortho intramolecular Hbond substituents is 2. The monoisotopic (exact) mass is 689 g/mol. The Morgan fingerprint density at radius 2 is 1.62 bits per heavy atom. The number of benzene rings is 3. The molecule has 0 saturated heterocycles. The fourth-order valence-corrected chi connectivity index (χ4v) is 6.10. The lowest BCUT2D eigenvalue weighted by molar-refractivity contribution is -0.121. The quantitative estimate of drug-likeness (QED) is 0.191. The van der Waals surface area contributed by atoms with Crippen LogP contribution >= 0.6 is 0 Å². The molecule has 50 heavy (non-hydrogen) atoms. The highest BCUT2D eigenvalue weighted by Gasteiger charge is 2.32. The summed E-state index contributed by atoms with van der Waals surface area (Å²) in [7, 11) is 5.99. The van der Waals surface area contributed by atoms with E-state index in [1.54, 1.807) is 38.3 Å². The van der Waals surface area contributed by atoms with Crippen molar-refractivity contribution < 1.29 is 48.3 Å². The van der Waals surface area contributed by atoms with Crippen LogP contribution < -0.4 is 24.3 Å². The molecule has 0 radical (unpaired) electrons. The maximum absolute atomic E-state index is 13.7. The van der Waals surface area contributed by atoms with Crippen LogP contribution in [-0.2, 0) is 20.7 Å². The van der Waals surface area contributed by atoms with E-state index in [1.165, 1.54) is 27.4 Å². The predicted octanol–water partition coefficient (Wildman–Crippen LogP) is 6.49. The summed E-state index contributed by atoms with van der Waals surface area (Å²) in [4.78, 5) is 39.5. The molecule has 3 aromatic rings. The molecule has 3 aromatic carbocycles. The predicted molar refractivity (Wildman–Crippen MR) is 189 cm³/mol. The van der Waals surface area contributed by atoms with E-state index in [-0.39, 0.29) is 40.6 Å². The summed E-state index contributed by atoms with van der Waals surface area (Å²) >= 11 is 0. The second kappa shape index (κ2) is 18.0. The number of esters is 1. The molecule has 0 spiro atoms. The highest BCUT2D eigenvalue weighted by molar-refractivity contribution is 5.98. The molecule has 1 aliphatic rings. The Kier molecular flexibility index (Phi) is 13.5. The molecular weight excluding hydrogens is 642 g/mol. The van der Waals surface area contributed by atoms with Gasteiger partial charge in [0, 0.05) is 37.3 Å². The minimum Gasteiger partial charge on any atom is -0.507 e. The van der Waals surface area contributed by atoms with Gasteiger partial charge in [0.05, 0.1) is 34.5 Å². The maximum atomic E-state index is 13.7. The Balaban J connectivity index is 1.78. The summed E-state index contributed by atoms with van der Waals surface area (Å²) in [5, 5.41) is 26.4. The second-order valence-corrected chi connectivity index (χ2v) is 12.2. The van der Waals surface area contributed by atoms with E-state index in [9.17, 15) is 24.6 Å². The summed E-state index contributed by atoms with van der Waals surface area (Å²) in [6.45, 7) is 2.06. The van der Waals surface area contributed by atoms with Gasteiger partial charge in [0.2, 0.25) is 11.7 Å². The zero-order chi connectivity index (χ0) is 36.2. The van der Waals surface area contributed by atoms with Gasteiger partial charge in [-0.05, 0) is 86.1 Å². The number of ketones is 1. The molecule has 2 atom stereocenters. The van der Waals surface area contributed by atoms with E-state index >= 15 is 0 Å². The van der Waals surface area contributed by atoms with Crippen LogP contribution in [0.1, 0.15) is 90.4 Å². The van der Waals surface area contributed by atoms with Crippen LogP contribution in [-0.4, -0.2) is 69.0 Å². The largest absolute Gasteiger partial charge is 0.507 e. The summed E-state index contributed by atoms with van der Waals surface area (Å²) in [5.41, 5.74) is 1.54. The number of allylic oxidation sites excluding steroid dienone is 1. The van der Waals surface area contributed by atoms with E-state index < -0.39 is 23.7 Å². The van der Waals surface area contributed by atoms with Gasteiger partial charge in [0.1, 0.15) is 28.6 Å². The number of nitrogens with one attached hydrogen (secondary N) is 1. The number of rotatable bonds is 11. The smallest absolute Gasteiger partial charge is 0.342 e. The van der Waals surface area contributed by atoms with E-state index in [0.717, 1.165) is 11.3 Å². The lowest BCUT2D eigenvalue weighted by Crippen LogP contribution is -2.27. The third kappa shape index (κ3) is 9.49. The Morgan fingerprint density at radius 3 is 2.26 bits per heavy atom. The molecule has 0 fully saturated rings. The first kappa shape index (κ1) is 37.6. The van der Waals surface area contributed by atoms with Gasteiger partial charge in [-0.3, -0.25) is 9.59 Å². The Labute approximate surface area is 293 Å². The normalized spacial score (nSPS) is 16.0. The van der Waals surface area contributed by atoms with Crippen molar-refractivity contribution in [3.63, 3.8) is 0 Å². The summed E-state index contributed by atoms with van der Waals surface area (Å²) < 4.78 is 27.6. The van der Waals surface area contributed by atoms with Gasteiger partial charge in [0.15, 0.2) is 11.5 Å². The number of aromatic hydroxyl groups is 2. The number of Topliss-reactive ketones (excluding diaryl/α,β-unsaturated/α-hetero) is 1. The first-order valence-electron chi connectivity index (χ1n) is 16.8. The van der Waals surface area contributed by atoms with E-state index in [4.69, 9.17) is 23.7 Å². The van der Waals surface area contributed by atoms with E-state index in [0.29, 0.717) is 74.3 Å². The van der Waals surface area contributed by atoms with E-state index in [2.05, 4.69) is 5.32 Å². The molecule has 1 amide bonds. The summed E-state index contributed by atoms with van der Waals surface area (Å²) in [6.07, 6.45) is 6.32. The molecule has 0 bridgehead atoms. The van der Waals surface area contributed by atoms with Gasteiger partial charge in [-0.25, -0.2) is 4.79 Å². The lowest BCUT2D eigenvalue weighted by atomic mass is 9.84. The maximum Gasteiger partial charge on any atom is 0.342 e. The molecule has 0 saturated carbocycles. The zero-order valence-corrected chi connectivity index (χ0v) is 29.4. The van der Waals surface area contributed by atoms with Crippen LogP contribution in [0.4, 0.5) is 0 Å². The fourth-order valence-electron chi connectivity index (χ4n) is 6.10. The number of methoxy groups -OCH3 is 4. The number of phenols is 2. The van der Waals surface area contributed by atoms with Crippen LogP contribution in [0.3, 0.4) is 0 Å².